The van der Waals surface area contributed by atoms with Crippen LogP contribution in [0.4, 0.5) is 6.01 Å². The molecule has 190 valence electrons. The van der Waals surface area contributed by atoms with E-state index < -0.39 is 5.97 Å². The lowest BCUT2D eigenvalue weighted by Crippen LogP contribution is -2.26. The maximum atomic E-state index is 11.8. The summed E-state index contributed by atoms with van der Waals surface area (Å²) in [4.78, 5) is 18.7. The normalized spacial score (nSPS) is 11.2. The molecule has 0 unspecified atom stereocenters. The third kappa shape index (κ3) is 6.56. The molecule has 1 heterocycles. The van der Waals surface area contributed by atoms with Gasteiger partial charge in [-0.2, -0.15) is 4.98 Å². The summed E-state index contributed by atoms with van der Waals surface area (Å²) >= 11 is 0. The molecule has 0 atom stereocenters. The molecule has 3 aromatic carbocycles. The minimum absolute atomic E-state index is 0.199. The zero-order chi connectivity index (χ0) is 25.2. The van der Waals surface area contributed by atoms with Crippen LogP contribution in [0.2, 0.25) is 0 Å². The highest BCUT2D eigenvalue weighted by atomic mass is 16.5. The zero-order valence-corrected chi connectivity index (χ0v) is 21.1. The molecule has 0 fully saturated rings. The van der Waals surface area contributed by atoms with E-state index in [1.54, 1.807) is 6.07 Å². The standard InChI is InChI=1S/C30H36N2O4/c1-2-3-4-5-6-11-20-32(30-31-26-16-9-10-17-27(26)36-30)21-12-13-22-35-28-24-15-8-7-14-23(24)18-19-25(28)29(33)34/h7-10,14-19H,2-6,11-13,20-22H2,1H3,(H,33,34). The Morgan fingerprint density at radius 1 is 0.889 bits per heavy atom. The van der Waals surface area contributed by atoms with Crippen molar-refractivity contribution in [1.29, 1.82) is 0 Å². The van der Waals surface area contributed by atoms with Gasteiger partial charge in [0.15, 0.2) is 5.58 Å². The number of para-hydroxylation sites is 2. The molecule has 0 saturated carbocycles. The van der Waals surface area contributed by atoms with Crippen LogP contribution in [-0.2, 0) is 0 Å². The van der Waals surface area contributed by atoms with E-state index in [0.717, 1.165) is 54.2 Å². The maximum Gasteiger partial charge on any atom is 0.339 e. The number of ether oxygens (including phenoxy) is 1. The van der Waals surface area contributed by atoms with Crippen molar-refractivity contribution in [3.05, 3.63) is 66.2 Å². The lowest BCUT2D eigenvalue weighted by atomic mass is 10.1. The third-order valence-corrected chi connectivity index (χ3v) is 6.51. The quantitative estimate of drug-likeness (QED) is 0.173. The summed E-state index contributed by atoms with van der Waals surface area (Å²) in [5.74, 6) is -0.527. The fourth-order valence-corrected chi connectivity index (χ4v) is 4.53. The fraction of sp³-hybridized carbons (Fsp3) is 0.400. The van der Waals surface area contributed by atoms with E-state index in [9.17, 15) is 9.90 Å². The van der Waals surface area contributed by atoms with Gasteiger partial charge in [-0.1, -0.05) is 81.5 Å². The molecule has 1 N–H and O–H groups in total. The Hall–Kier alpha value is -3.54. The molecule has 36 heavy (non-hydrogen) atoms. The Morgan fingerprint density at radius 2 is 1.61 bits per heavy atom. The summed E-state index contributed by atoms with van der Waals surface area (Å²) in [6, 6.07) is 19.7. The summed E-state index contributed by atoms with van der Waals surface area (Å²) < 4.78 is 12.1. The Labute approximate surface area is 212 Å². The molecule has 0 aliphatic heterocycles. The van der Waals surface area contributed by atoms with Crippen molar-refractivity contribution < 1.29 is 19.1 Å². The lowest BCUT2D eigenvalue weighted by molar-refractivity contribution is 0.0692. The molecule has 0 amide bonds. The Bertz CT molecular complexity index is 1230. The SMILES string of the molecule is CCCCCCCCN(CCCCOc1c(C(=O)O)ccc2ccccc12)c1nc2ccccc2o1. The van der Waals surface area contributed by atoms with Gasteiger partial charge in [-0.15, -0.1) is 0 Å². The number of hydrogen-bond donors (Lipinski definition) is 1. The van der Waals surface area contributed by atoms with Gasteiger partial charge in [0.25, 0.3) is 6.01 Å². The molecule has 4 aromatic rings. The largest absolute Gasteiger partial charge is 0.492 e. The number of oxazole rings is 1. The van der Waals surface area contributed by atoms with Gasteiger partial charge < -0.3 is 19.2 Å². The molecule has 0 bridgehead atoms. The van der Waals surface area contributed by atoms with Gasteiger partial charge in [0.1, 0.15) is 16.8 Å². The highest BCUT2D eigenvalue weighted by Gasteiger charge is 2.16. The molecule has 6 heteroatoms. The molecular weight excluding hydrogens is 452 g/mol. The fourth-order valence-electron chi connectivity index (χ4n) is 4.53. The van der Waals surface area contributed by atoms with Crippen molar-refractivity contribution in [3.8, 4) is 5.75 Å². The van der Waals surface area contributed by atoms with Crippen molar-refractivity contribution in [2.24, 2.45) is 0 Å². The minimum Gasteiger partial charge on any atom is -0.492 e. The van der Waals surface area contributed by atoms with Crippen LogP contribution in [0.25, 0.3) is 21.9 Å². The van der Waals surface area contributed by atoms with Gasteiger partial charge in [-0.3, -0.25) is 0 Å². The van der Waals surface area contributed by atoms with Crippen LogP contribution in [0.15, 0.2) is 65.1 Å². The van der Waals surface area contributed by atoms with Crippen LogP contribution in [0.3, 0.4) is 0 Å². The number of aromatic nitrogens is 1. The highest BCUT2D eigenvalue weighted by Crippen LogP contribution is 2.30. The number of fused-ring (bicyclic) bond motifs is 2. The molecule has 1 aromatic heterocycles. The smallest absolute Gasteiger partial charge is 0.339 e. The van der Waals surface area contributed by atoms with E-state index in [4.69, 9.17) is 14.1 Å². The van der Waals surface area contributed by atoms with Crippen molar-refractivity contribution in [2.75, 3.05) is 24.6 Å². The highest BCUT2D eigenvalue weighted by molar-refractivity contribution is 6.00. The molecule has 0 radical (unpaired) electrons. The predicted molar refractivity (Wildman–Crippen MR) is 145 cm³/mol. The van der Waals surface area contributed by atoms with Gasteiger partial charge in [0.05, 0.1) is 6.61 Å². The van der Waals surface area contributed by atoms with Crippen LogP contribution in [-0.4, -0.2) is 35.8 Å². The Morgan fingerprint density at radius 3 is 2.42 bits per heavy atom. The molecule has 0 spiro atoms. The first-order valence-corrected chi connectivity index (χ1v) is 13.2. The van der Waals surface area contributed by atoms with E-state index in [2.05, 4.69) is 11.8 Å². The summed E-state index contributed by atoms with van der Waals surface area (Å²) in [6.07, 6.45) is 9.12. The van der Waals surface area contributed by atoms with Gasteiger partial charge in [-0.05, 0) is 42.8 Å². The minimum atomic E-state index is -0.975. The van der Waals surface area contributed by atoms with Crippen molar-refractivity contribution in [1.82, 2.24) is 4.98 Å². The molecule has 4 rings (SSSR count). The first-order valence-electron chi connectivity index (χ1n) is 13.2. The molecule has 0 aliphatic rings. The van der Waals surface area contributed by atoms with Gasteiger partial charge >= 0.3 is 5.97 Å². The first-order chi connectivity index (χ1) is 17.7. The number of anilines is 1. The Kier molecular flexibility index (Phi) is 9.20. The Balaban J connectivity index is 1.35. The first kappa shape index (κ1) is 25.5. The zero-order valence-electron chi connectivity index (χ0n) is 21.1. The topological polar surface area (TPSA) is 75.8 Å². The van der Waals surface area contributed by atoms with Gasteiger partial charge in [0, 0.05) is 18.5 Å². The maximum absolute atomic E-state index is 11.8. The van der Waals surface area contributed by atoms with Crippen LogP contribution in [0.5, 0.6) is 5.75 Å². The van der Waals surface area contributed by atoms with E-state index in [-0.39, 0.29) is 5.56 Å². The van der Waals surface area contributed by atoms with Crippen LogP contribution in [0.1, 0.15) is 68.6 Å². The number of nitrogens with zero attached hydrogens (tertiary/aromatic N) is 2. The lowest BCUT2D eigenvalue weighted by Gasteiger charge is -2.20. The van der Waals surface area contributed by atoms with Crippen molar-refractivity contribution >= 4 is 33.9 Å². The second-order valence-electron chi connectivity index (χ2n) is 9.24. The predicted octanol–water partition coefficient (Wildman–Crippen LogP) is 7.71. The summed E-state index contributed by atoms with van der Waals surface area (Å²) in [6.45, 7) is 4.41. The number of carboxylic acids is 1. The third-order valence-electron chi connectivity index (χ3n) is 6.51. The molecule has 0 saturated heterocycles. The average Bonchev–Trinajstić information content (AvgIpc) is 3.33. The van der Waals surface area contributed by atoms with E-state index in [1.165, 1.54) is 32.1 Å². The van der Waals surface area contributed by atoms with Crippen molar-refractivity contribution in [3.63, 3.8) is 0 Å². The molecule has 0 aliphatic carbocycles. The summed E-state index contributed by atoms with van der Waals surface area (Å²) in [7, 11) is 0. The number of benzene rings is 3. The van der Waals surface area contributed by atoms with Gasteiger partial charge in [-0.25, -0.2) is 4.79 Å². The van der Waals surface area contributed by atoms with E-state index >= 15 is 0 Å². The van der Waals surface area contributed by atoms with E-state index in [1.807, 2.05) is 54.6 Å². The number of unbranched alkanes of at least 4 members (excludes halogenated alkanes) is 6. The number of carboxylic acid groups (broad SMARTS) is 1. The number of carbonyl (C=O) groups is 1. The average molecular weight is 489 g/mol. The summed E-state index contributed by atoms with van der Waals surface area (Å²) in [5, 5.41) is 11.4. The van der Waals surface area contributed by atoms with Crippen LogP contribution in [0, 0.1) is 0 Å². The van der Waals surface area contributed by atoms with E-state index in [0.29, 0.717) is 18.4 Å². The second-order valence-corrected chi connectivity index (χ2v) is 9.24. The monoisotopic (exact) mass is 488 g/mol. The van der Waals surface area contributed by atoms with Crippen molar-refractivity contribution in [2.45, 2.75) is 58.3 Å². The molecule has 6 nitrogen and oxygen atoms in total. The van der Waals surface area contributed by atoms with Crippen LogP contribution >= 0.6 is 0 Å². The number of rotatable bonds is 15. The molecular formula is C30H36N2O4. The van der Waals surface area contributed by atoms with Gasteiger partial charge in [0.2, 0.25) is 0 Å². The summed E-state index contributed by atoms with van der Waals surface area (Å²) in [5.41, 5.74) is 1.88. The number of aromatic carboxylic acids is 1. The van der Waals surface area contributed by atoms with Crippen LogP contribution < -0.4 is 9.64 Å². The second kappa shape index (κ2) is 13.0. The number of hydrogen-bond acceptors (Lipinski definition) is 5.